The second-order valence-corrected chi connectivity index (χ2v) is 6.99. The predicted octanol–water partition coefficient (Wildman–Crippen LogP) is 5.25. The fourth-order valence-electron chi connectivity index (χ4n) is 3.05. The lowest BCUT2D eigenvalue weighted by molar-refractivity contribution is -0.110. The second-order valence-electron chi connectivity index (χ2n) is 6.07. The van der Waals surface area contributed by atoms with Crippen LogP contribution in [0.15, 0.2) is 77.3 Å². The maximum Gasteiger partial charge on any atom is 0.258 e. The van der Waals surface area contributed by atoms with Crippen LogP contribution in [0.1, 0.15) is 16.7 Å². The first kappa shape index (κ1) is 17.1. The highest BCUT2D eigenvalue weighted by Crippen LogP contribution is 2.38. The van der Waals surface area contributed by atoms with Gasteiger partial charge in [0.15, 0.2) is 0 Å². The van der Waals surface area contributed by atoms with Crippen LogP contribution in [0.2, 0.25) is 0 Å². The standard InChI is InChI=1S/C22H14BrN3O/c23-16-7-9-17(10-8-16)25-21(15-4-2-1-3-5-15)20-18-11-6-14(13-24)12-19(18)26-22(20)27/h1-12,25H,(H,26,27)/b21-20-. The molecule has 0 fully saturated rings. The monoisotopic (exact) mass is 415 g/mol. The average Bonchev–Trinajstić information content (AvgIpc) is 3.03. The van der Waals surface area contributed by atoms with E-state index < -0.39 is 0 Å². The van der Waals surface area contributed by atoms with Crippen molar-refractivity contribution in [2.45, 2.75) is 0 Å². The van der Waals surface area contributed by atoms with Crippen molar-refractivity contribution in [1.82, 2.24) is 0 Å². The summed E-state index contributed by atoms with van der Waals surface area (Å²) >= 11 is 3.44. The van der Waals surface area contributed by atoms with Gasteiger partial charge in [0, 0.05) is 15.7 Å². The number of halogens is 1. The molecule has 0 radical (unpaired) electrons. The number of hydrogen-bond acceptors (Lipinski definition) is 3. The molecule has 27 heavy (non-hydrogen) atoms. The molecular formula is C22H14BrN3O. The Labute approximate surface area is 165 Å². The first-order valence-corrected chi connectivity index (χ1v) is 9.13. The van der Waals surface area contributed by atoms with Gasteiger partial charge in [-0.25, -0.2) is 0 Å². The van der Waals surface area contributed by atoms with Gasteiger partial charge in [0.2, 0.25) is 0 Å². The van der Waals surface area contributed by atoms with Crippen LogP contribution in [-0.4, -0.2) is 5.91 Å². The van der Waals surface area contributed by atoms with Crippen molar-refractivity contribution in [2.24, 2.45) is 0 Å². The highest BCUT2D eigenvalue weighted by molar-refractivity contribution is 9.10. The number of fused-ring (bicyclic) bond motifs is 1. The maximum atomic E-state index is 12.8. The quantitative estimate of drug-likeness (QED) is 0.573. The normalized spacial score (nSPS) is 14.1. The molecule has 1 heterocycles. The summed E-state index contributed by atoms with van der Waals surface area (Å²) in [7, 11) is 0. The fourth-order valence-corrected chi connectivity index (χ4v) is 3.32. The Kier molecular flexibility index (Phi) is 4.49. The van der Waals surface area contributed by atoms with Crippen molar-refractivity contribution in [3.05, 3.63) is 94.0 Å². The van der Waals surface area contributed by atoms with Crippen molar-refractivity contribution in [3.8, 4) is 6.07 Å². The number of benzene rings is 3. The summed E-state index contributed by atoms with van der Waals surface area (Å²) in [6.07, 6.45) is 0. The molecule has 130 valence electrons. The van der Waals surface area contributed by atoms with E-state index in [-0.39, 0.29) is 5.91 Å². The first-order chi connectivity index (χ1) is 13.2. The number of nitrogens with zero attached hydrogens (tertiary/aromatic N) is 1. The lowest BCUT2D eigenvalue weighted by atomic mass is 9.99. The van der Waals surface area contributed by atoms with Crippen LogP contribution in [0.4, 0.5) is 11.4 Å². The van der Waals surface area contributed by atoms with Gasteiger partial charge in [-0.3, -0.25) is 4.79 Å². The van der Waals surface area contributed by atoms with Gasteiger partial charge in [0.25, 0.3) is 5.91 Å². The third kappa shape index (κ3) is 3.35. The number of nitriles is 1. The van der Waals surface area contributed by atoms with Gasteiger partial charge in [-0.2, -0.15) is 5.26 Å². The summed E-state index contributed by atoms with van der Waals surface area (Å²) in [5.41, 5.74) is 5.00. The van der Waals surface area contributed by atoms with Crippen LogP contribution in [0.3, 0.4) is 0 Å². The SMILES string of the molecule is N#Cc1ccc2c(c1)NC(=O)/C2=C(\Nc1ccc(Br)cc1)c1ccccc1. The number of carbonyl (C=O) groups is 1. The minimum absolute atomic E-state index is 0.191. The lowest BCUT2D eigenvalue weighted by Gasteiger charge is -2.15. The van der Waals surface area contributed by atoms with Gasteiger partial charge in [0.1, 0.15) is 0 Å². The Hall–Kier alpha value is -3.36. The van der Waals surface area contributed by atoms with Gasteiger partial charge < -0.3 is 10.6 Å². The van der Waals surface area contributed by atoms with E-state index in [0.29, 0.717) is 16.8 Å². The lowest BCUT2D eigenvalue weighted by Crippen LogP contribution is -2.10. The number of rotatable bonds is 3. The molecule has 1 aliphatic heterocycles. The van der Waals surface area contributed by atoms with Gasteiger partial charge >= 0.3 is 0 Å². The van der Waals surface area contributed by atoms with Gasteiger partial charge in [-0.05, 0) is 42.0 Å². The Bertz CT molecular complexity index is 1100. The number of carbonyl (C=O) groups excluding carboxylic acids is 1. The Balaban J connectivity index is 1.89. The molecule has 0 atom stereocenters. The number of nitrogens with one attached hydrogen (secondary N) is 2. The van der Waals surface area contributed by atoms with Crippen LogP contribution in [0.5, 0.6) is 0 Å². The molecule has 0 spiro atoms. The highest BCUT2D eigenvalue weighted by Gasteiger charge is 2.28. The van der Waals surface area contributed by atoms with Gasteiger partial charge in [-0.1, -0.05) is 52.3 Å². The van der Waals surface area contributed by atoms with Gasteiger partial charge in [-0.15, -0.1) is 0 Å². The van der Waals surface area contributed by atoms with Crippen LogP contribution < -0.4 is 10.6 Å². The molecule has 0 unspecified atom stereocenters. The van der Waals surface area contributed by atoms with E-state index in [9.17, 15) is 4.79 Å². The molecule has 0 aliphatic carbocycles. The van der Waals surface area contributed by atoms with Crippen molar-refractivity contribution >= 4 is 44.5 Å². The molecule has 0 aromatic heterocycles. The summed E-state index contributed by atoms with van der Waals surface area (Å²) in [5.74, 6) is -0.191. The summed E-state index contributed by atoms with van der Waals surface area (Å²) in [6, 6.07) is 24.8. The Morgan fingerprint density at radius 1 is 1.00 bits per heavy atom. The summed E-state index contributed by atoms with van der Waals surface area (Å²) in [5, 5.41) is 15.4. The molecule has 1 amide bonds. The Morgan fingerprint density at radius 2 is 1.74 bits per heavy atom. The van der Waals surface area contributed by atoms with Crippen molar-refractivity contribution in [2.75, 3.05) is 10.6 Å². The molecule has 2 N–H and O–H groups in total. The summed E-state index contributed by atoms with van der Waals surface area (Å²) < 4.78 is 0.981. The summed E-state index contributed by atoms with van der Waals surface area (Å²) in [4.78, 5) is 12.8. The molecule has 4 rings (SSSR count). The molecule has 3 aromatic carbocycles. The third-order valence-electron chi connectivity index (χ3n) is 4.32. The predicted molar refractivity (Wildman–Crippen MR) is 111 cm³/mol. The molecule has 1 aliphatic rings. The van der Waals surface area contributed by atoms with Crippen molar-refractivity contribution in [3.63, 3.8) is 0 Å². The second kappa shape index (κ2) is 7.10. The van der Waals surface area contributed by atoms with Crippen LogP contribution in [-0.2, 0) is 4.79 Å². The van der Waals surface area contributed by atoms with Crippen molar-refractivity contribution < 1.29 is 4.79 Å². The molecule has 0 saturated heterocycles. The van der Waals surface area contributed by atoms with E-state index in [1.807, 2.05) is 60.7 Å². The van der Waals surface area contributed by atoms with E-state index in [4.69, 9.17) is 5.26 Å². The number of amides is 1. The molecule has 5 heteroatoms. The first-order valence-electron chi connectivity index (χ1n) is 8.34. The topological polar surface area (TPSA) is 64.9 Å². The smallest absolute Gasteiger partial charge is 0.258 e. The largest absolute Gasteiger partial charge is 0.354 e. The number of anilines is 2. The highest BCUT2D eigenvalue weighted by atomic mass is 79.9. The Morgan fingerprint density at radius 3 is 2.44 bits per heavy atom. The summed E-state index contributed by atoms with van der Waals surface area (Å²) in [6.45, 7) is 0. The van der Waals surface area contributed by atoms with E-state index in [2.05, 4.69) is 32.6 Å². The average molecular weight is 416 g/mol. The maximum absolute atomic E-state index is 12.8. The van der Waals surface area contributed by atoms with Gasteiger partial charge in [0.05, 0.1) is 28.6 Å². The van der Waals surface area contributed by atoms with Crippen molar-refractivity contribution in [1.29, 1.82) is 5.26 Å². The molecule has 3 aromatic rings. The minimum atomic E-state index is -0.191. The zero-order valence-electron chi connectivity index (χ0n) is 14.2. The van der Waals surface area contributed by atoms with Crippen LogP contribution in [0, 0.1) is 11.3 Å². The minimum Gasteiger partial charge on any atom is -0.354 e. The van der Waals surface area contributed by atoms with Crippen LogP contribution >= 0.6 is 15.9 Å². The molecular weight excluding hydrogens is 402 g/mol. The zero-order valence-corrected chi connectivity index (χ0v) is 15.7. The fraction of sp³-hybridized carbons (Fsp3) is 0. The van der Waals surface area contributed by atoms with E-state index in [0.717, 1.165) is 27.0 Å². The molecule has 4 nitrogen and oxygen atoms in total. The van der Waals surface area contributed by atoms with Crippen LogP contribution in [0.25, 0.3) is 11.3 Å². The zero-order chi connectivity index (χ0) is 18.8. The van der Waals surface area contributed by atoms with E-state index in [1.54, 1.807) is 12.1 Å². The van der Waals surface area contributed by atoms with E-state index in [1.165, 1.54) is 0 Å². The van der Waals surface area contributed by atoms with E-state index >= 15 is 0 Å². The molecule has 0 saturated carbocycles. The number of hydrogen-bond donors (Lipinski definition) is 2. The third-order valence-corrected chi connectivity index (χ3v) is 4.85. The molecule has 0 bridgehead atoms.